The van der Waals surface area contributed by atoms with Crippen LogP contribution in [-0.4, -0.2) is 28.6 Å². The molecular weight excluding hydrogens is 350 g/mol. The maximum atomic E-state index is 5.77. The molecule has 0 bridgehead atoms. The Bertz CT molecular complexity index is 829. The summed E-state index contributed by atoms with van der Waals surface area (Å²) in [6.45, 7) is 5.70. The average molecular weight is 377 g/mol. The summed E-state index contributed by atoms with van der Waals surface area (Å²) in [5.74, 6) is 1.65. The number of aliphatic imine (C=N–C) groups is 1. The van der Waals surface area contributed by atoms with Gasteiger partial charge in [-0.1, -0.05) is 18.2 Å². The van der Waals surface area contributed by atoms with Gasteiger partial charge in [-0.15, -0.1) is 0 Å². The van der Waals surface area contributed by atoms with Crippen LogP contribution < -0.4 is 15.4 Å². The Morgan fingerprint density at radius 1 is 1.04 bits per heavy atom. The molecule has 2 aromatic heterocycles. The minimum Gasteiger partial charge on any atom is -0.487 e. The quantitative estimate of drug-likeness (QED) is 0.444. The molecule has 0 amide bonds. The summed E-state index contributed by atoms with van der Waals surface area (Å²) in [4.78, 5) is 8.92. The first-order chi connectivity index (χ1) is 13.8. The van der Waals surface area contributed by atoms with E-state index >= 15 is 0 Å². The van der Waals surface area contributed by atoms with E-state index in [1.165, 1.54) is 0 Å². The van der Waals surface area contributed by atoms with E-state index in [0.717, 1.165) is 42.6 Å². The van der Waals surface area contributed by atoms with E-state index in [1.807, 2.05) is 54.6 Å². The van der Waals surface area contributed by atoms with Gasteiger partial charge in [0.25, 0.3) is 0 Å². The van der Waals surface area contributed by atoms with Crippen molar-refractivity contribution >= 4 is 5.96 Å². The number of rotatable bonds is 9. The zero-order valence-corrected chi connectivity index (χ0v) is 16.2. The molecule has 6 heteroatoms. The van der Waals surface area contributed by atoms with Gasteiger partial charge in [-0.05, 0) is 48.9 Å². The number of guanidine groups is 1. The average Bonchev–Trinajstić information content (AvgIpc) is 3.25. The summed E-state index contributed by atoms with van der Waals surface area (Å²) in [7, 11) is 0. The second-order valence-corrected chi connectivity index (χ2v) is 6.30. The number of ether oxygens (including phenoxy) is 1. The number of aromatic nitrogens is 2. The lowest BCUT2D eigenvalue weighted by Crippen LogP contribution is -2.38. The van der Waals surface area contributed by atoms with Gasteiger partial charge in [0.2, 0.25) is 0 Å². The third kappa shape index (κ3) is 6.46. The first kappa shape index (κ1) is 19.5. The van der Waals surface area contributed by atoms with Gasteiger partial charge in [0, 0.05) is 38.2 Å². The molecule has 3 rings (SSSR count). The van der Waals surface area contributed by atoms with Crippen LogP contribution in [0.25, 0.3) is 0 Å². The number of hydrogen-bond donors (Lipinski definition) is 2. The van der Waals surface area contributed by atoms with Crippen molar-refractivity contribution in [1.29, 1.82) is 0 Å². The van der Waals surface area contributed by atoms with Crippen LogP contribution in [0.3, 0.4) is 0 Å². The smallest absolute Gasteiger partial charge is 0.191 e. The maximum Gasteiger partial charge on any atom is 0.191 e. The molecule has 0 aliphatic heterocycles. The van der Waals surface area contributed by atoms with Crippen molar-refractivity contribution in [2.24, 2.45) is 4.99 Å². The third-order valence-corrected chi connectivity index (χ3v) is 4.13. The third-order valence-electron chi connectivity index (χ3n) is 4.13. The van der Waals surface area contributed by atoms with Gasteiger partial charge >= 0.3 is 0 Å². The molecule has 146 valence electrons. The molecule has 0 saturated heterocycles. The topological polar surface area (TPSA) is 63.5 Å². The molecule has 0 saturated carbocycles. The number of pyridine rings is 1. The van der Waals surface area contributed by atoms with Crippen LogP contribution in [0.4, 0.5) is 0 Å². The molecule has 0 fully saturated rings. The fraction of sp³-hybridized carbons (Fsp3) is 0.273. The predicted molar refractivity (Wildman–Crippen MR) is 112 cm³/mol. The summed E-state index contributed by atoms with van der Waals surface area (Å²) in [5, 5.41) is 6.65. The van der Waals surface area contributed by atoms with Crippen molar-refractivity contribution in [2.45, 2.75) is 26.6 Å². The van der Waals surface area contributed by atoms with Gasteiger partial charge in [-0.3, -0.25) is 4.98 Å². The van der Waals surface area contributed by atoms with Crippen molar-refractivity contribution < 1.29 is 4.74 Å². The molecule has 0 spiro atoms. The van der Waals surface area contributed by atoms with Crippen LogP contribution in [0.15, 0.2) is 78.2 Å². The lowest BCUT2D eigenvalue weighted by atomic mass is 10.2. The van der Waals surface area contributed by atoms with Gasteiger partial charge in [0.05, 0.1) is 12.2 Å². The lowest BCUT2D eigenvalue weighted by molar-refractivity contribution is 0.301. The molecule has 0 unspecified atom stereocenters. The second kappa shape index (κ2) is 10.8. The zero-order valence-electron chi connectivity index (χ0n) is 16.2. The highest BCUT2D eigenvalue weighted by Crippen LogP contribution is 2.14. The maximum absolute atomic E-state index is 5.77. The van der Waals surface area contributed by atoms with Gasteiger partial charge in [0.1, 0.15) is 12.4 Å². The highest BCUT2D eigenvalue weighted by atomic mass is 16.5. The Morgan fingerprint density at radius 2 is 1.86 bits per heavy atom. The van der Waals surface area contributed by atoms with Crippen LogP contribution in [0.1, 0.15) is 18.2 Å². The summed E-state index contributed by atoms with van der Waals surface area (Å²) < 4.78 is 7.91. The summed E-state index contributed by atoms with van der Waals surface area (Å²) in [6.07, 6.45) is 5.89. The Labute approximate surface area is 166 Å². The Kier molecular flexibility index (Phi) is 7.49. The van der Waals surface area contributed by atoms with Crippen molar-refractivity contribution in [3.05, 3.63) is 84.4 Å². The number of hydrogen-bond acceptors (Lipinski definition) is 3. The minimum atomic E-state index is 0.466. The van der Waals surface area contributed by atoms with Gasteiger partial charge in [-0.25, -0.2) is 4.99 Å². The van der Waals surface area contributed by atoms with Crippen molar-refractivity contribution in [3.8, 4) is 5.75 Å². The molecule has 28 heavy (non-hydrogen) atoms. The van der Waals surface area contributed by atoms with Crippen LogP contribution in [0.2, 0.25) is 0 Å². The molecule has 2 heterocycles. The standard InChI is InChI=1S/C22H27N5O/c1-2-23-22(25-13-16-27-14-5-6-15-27)26-17-19-8-10-21(11-9-19)28-18-20-7-3-4-12-24-20/h3-12,14-15H,2,13,16-18H2,1H3,(H2,23,25,26). The fourth-order valence-corrected chi connectivity index (χ4v) is 2.67. The summed E-state index contributed by atoms with van der Waals surface area (Å²) in [6, 6.07) is 17.9. The van der Waals surface area contributed by atoms with Gasteiger partial charge in [-0.2, -0.15) is 0 Å². The fourth-order valence-electron chi connectivity index (χ4n) is 2.67. The van der Waals surface area contributed by atoms with Gasteiger partial charge in [0.15, 0.2) is 5.96 Å². The predicted octanol–water partition coefficient (Wildman–Crippen LogP) is 3.22. The van der Waals surface area contributed by atoms with E-state index in [2.05, 4.69) is 44.5 Å². The van der Waals surface area contributed by atoms with E-state index in [4.69, 9.17) is 4.74 Å². The molecule has 0 radical (unpaired) electrons. The van der Waals surface area contributed by atoms with Crippen LogP contribution >= 0.6 is 0 Å². The zero-order chi connectivity index (χ0) is 19.4. The van der Waals surface area contributed by atoms with E-state index < -0.39 is 0 Å². The van der Waals surface area contributed by atoms with Crippen molar-refractivity contribution in [3.63, 3.8) is 0 Å². The molecule has 0 aliphatic rings. The van der Waals surface area contributed by atoms with E-state index in [9.17, 15) is 0 Å². The highest BCUT2D eigenvalue weighted by Gasteiger charge is 2.00. The van der Waals surface area contributed by atoms with Crippen LogP contribution in [-0.2, 0) is 19.7 Å². The van der Waals surface area contributed by atoms with E-state index in [0.29, 0.717) is 13.2 Å². The largest absolute Gasteiger partial charge is 0.487 e. The lowest BCUT2D eigenvalue weighted by Gasteiger charge is -2.12. The monoisotopic (exact) mass is 377 g/mol. The van der Waals surface area contributed by atoms with Crippen molar-refractivity contribution in [2.75, 3.05) is 13.1 Å². The second-order valence-electron chi connectivity index (χ2n) is 6.30. The molecule has 0 atom stereocenters. The highest BCUT2D eigenvalue weighted by molar-refractivity contribution is 5.79. The normalized spacial score (nSPS) is 11.2. The molecule has 1 aromatic carbocycles. The Hall–Kier alpha value is -3.28. The molecule has 6 nitrogen and oxygen atoms in total. The van der Waals surface area contributed by atoms with E-state index in [-0.39, 0.29) is 0 Å². The SMILES string of the molecule is CCNC(=NCc1ccc(OCc2ccccn2)cc1)NCCn1cccc1. The summed E-state index contributed by atoms with van der Waals surface area (Å²) >= 11 is 0. The molecular formula is C22H27N5O. The van der Waals surface area contributed by atoms with Crippen molar-refractivity contribution in [1.82, 2.24) is 20.2 Å². The molecule has 3 aromatic rings. The summed E-state index contributed by atoms with van der Waals surface area (Å²) in [5.41, 5.74) is 2.05. The first-order valence-electron chi connectivity index (χ1n) is 9.58. The van der Waals surface area contributed by atoms with Crippen LogP contribution in [0, 0.1) is 0 Å². The Morgan fingerprint density at radius 3 is 2.57 bits per heavy atom. The van der Waals surface area contributed by atoms with Crippen LogP contribution in [0.5, 0.6) is 5.75 Å². The van der Waals surface area contributed by atoms with E-state index in [1.54, 1.807) is 6.20 Å². The van der Waals surface area contributed by atoms with Gasteiger partial charge < -0.3 is 19.9 Å². The molecule has 2 N–H and O–H groups in total. The number of nitrogens with one attached hydrogen (secondary N) is 2. The first-order valence-corrected chi connectivity index (χ1v) is 9.58. The molecule has 0 aliphatic carbocycles. The number of nitrogens with zero attached hydrogens (tertiary/aromatic N) is 3. The Balaban J connectivity index is 1.47. The number of benzene rings is 1. The minimum absolute atomic E-state index is 0.466.